The average molecular weight is 433 g/mol. The van der Waals surface area contributed by atoms with Crippen LogP contribution in [0.5, 0.6) is 0 Å². The molecule has 0 radical (unpaired) electrons. The van der Waals surface area contributed by atoms with E-state index in [1.807, 2.05) is 27.7 Å². The molecule has 0 spiro atoms. The summed E-state index contributed by atoms with van der Waals surface area (Å²) in [7, 11) is 0. The highest BCUT2D eigenvalue weighted by Gasteiger charge is 2.39. The van der Waals surface area contributed by atoms with E-state index in [1.165, 1.54) is 24.3 Å². The maximum absolute atomic E-state index is 13.6. The van der Waals surface area contributed by atoms with Crippen LogP contribution in [0.4, 0.5) is 13.6 Å². The molecule has 0 aromatic heterocycles. The van der Waals surface area contributed by atoms with Crippen molar-refractivity contribution in [3.05, 3.63) is 71.3 Å². The van der Waals surface area contributed by atoms with E-state index < -0.39 is 11.7 Å². The number of benzene rings is 2. The summed E-state index contributed by atoms with van der Waals surface area (Å²) in [6, 6.07) is 11.5. The SMILES string of the molecule is C[C@@H]1CN(C(c2ccc(F)cc2)c2ccc(F)cc2)[C@@H](CO)CN1C(=O)OC(C)(C)C. The van der Waals surface area contributed by atoms with Crippen molar-refractivity contribution in [1.29, 1.82) is 0 Å². The Kier molecular flexibility index (Phi) is 6.96. The summed E-state index contributed by atoms with van der Waals surface area (Å²) in [5.74, 6) is -0.688. The second-order valence-electron chi connectivity index (χ2n) is 9.02. The maximum Gasteiger partial charge on any atom is 0.410 e. The van der Waals surface area contributed by atoms with Crippen molar-refractivity contribution in [3.8, 4) is 0 Å². The lowest BCUT2D eigenvalue weighted by molar-refractivity contribution is -0.0299. The Morgan fingerprint density at radius 1 is 1.03 bits per heavy atom. The summed E-state index contributed by atoms with van der Waals surface area (Å²) >= 11 is 0. The van der Waals surface area contributed by atoms with E-state index in [4.69, 9.17) is 4.74 Å². The van der Waals surface area contributed by atoms with Crippen LogP contribution in [0.25, 0.3) is 0 Å². The molecule has 1 N–H and O–H groups in total. The van der Waals surface area contributed by atoms with Crippen LogP contribution in [0.2, 0.25) is 0 Å². The third-order valence-corrected chi connectivity index (χ3v) is 5.43. The van der Waals surface area contributed by atoms with Crippen molar-refractivity contribution in [2.45, 2.75) is 51.4 Å². The summed E-state index contributed by atoms with van der Waals surface area (Å²) in [5.41, 5.74) is 1.03. The first-order valence-corrected chi connectivity index (χ1v) is 10.5. The van der Waals surface area contributed by atoms with Crippen LogP contribution in [0.1, 0.15) is 44.9 Å². The number of hydrogen-bond donors (Lipinski definition) is 1. The molecule has 2 aromatic carbocycles. The predicted octanol–water partition coefficient (Wildman–Crippen LogP) is 4.36. The van der Waals surface area contributed by atoms with Gasteiger partial charge in [0, 0.05) is 19.1 Å². The van der Waals surface area contributed by atoms with Crippen LogP contribution in [0, 0.1) is 11.6 Å². The van der Waals surface area contributed by atoms with Crippen LogP contribution in [0.3, 0.4) is 0 Å². The van der Waals surface area contributed by atoms with Gasteiger partial charge in [0.15, 0.2) is 0 Å². The fourth-order valence-corrected chi connectivity index (χ4v) is 3.98. The zero-order chi connectivity index (χ0) is 22.8. The first-order valence-electron chi connectivity index (χ1n) is 10.5. The summed E-state index contributed by atoms with van der Waals surface area (Å²) in [6.45, 7) is 7.94. The second-order valence-corrected chi connectivity index (χ2v) is 9.02. The highest BCUT2D eigenvalue weighted by Crippen LogP contribution is 2.34. The number of rotatable bonds is 4. The van der Waals surface area contributed by atoms with Crippen molar-refractivity contribution < 1.29 is 23.4 Å². The minimum Gasteiger partial charge on any atom is -0.444 e. The van der Waals surface area contributed by atoms with Gasteiger partial charge in [0.2, 0.25) is 0 Å². The van der Waals surface area contributed by atoms with Crippen molar-refractivity contribution >= 4 is 6.09 Å². The van der Waals surface area contributed by atoms with E-state index in [1.54, 1.807) is 29.2 Å². The van der Waals surface area contributed by atoms with Gasteiger partial charge in [-0.15, -0.1) is 0 Å². The van der Waals surface area contributed by atoms with E-state index in [2.05, 4.69) is 4.90 Å². The third-order valence-electron chi connectivity index (χ3n) is 5.43. The molecule has 168 valence electrons. The van der Waals surface area contributed by atoms with Crippen LogP contribution in [-0.2, 0) is 4.74 Å². The Hall–Kier alpha value is -2.51. The lowest BCUT2D eigenvalue weighted by atomic mass is 9.93. The first-order chi connectivity index (χ1) is 14.6. The standard InChI is InChI=1S/C24H30F2N2O3/c1-16-13-28(21(15-29)14-27(16)23(30)31-24(2,3)4)22(17-5-9-19(25)10-6-17)18-7-11-20(26)12-8-18/h5-12,16,21-22,29H,13-15H2,1-4H3/t16-,21-/m1/s1. The molecule has 1 aliphatic rings. The van der Waals surface area contributed by atoms with Gasteiger partial charge in [-0.25, -0.2) is 13.6 Å². The van der Waals surface area contributed by atoms with Gasteiger partial charge in [0.05, 0.1) is 18.7 Å². The van der Waals surface area contributed by atoms with E-state index in [0.29, 0.717) is 6.54 Å². The van der Waals surface area contributed by atoms with Crippen LogP contribution in [-0.4, -0.2) is 58.4 Å². The number of ether oxygens (including phenoxy) is 1. The van der Waals surface area contributed by atoms with Crippen molar-refractivity contribution in [1.82, 2.24) is 9.80 Å². The van der Waals surface area contributed by atoms with Gasteiger partial charge in [-0.3, -0.25) is 4.90 Å². The summed E-state index contributed by atoms with van der Waals surface area (Å²) in [4.78, 5) is 16.4. The molecular formula is C24H30F2N2O3. The highest BCUT2D eigenvalue weighted by molar-refractivity contribution is 5.68. The third kappa shape index (κ3) is 5.60. The minimum absolute atomic E-state index is 0.176. The molecule has 1 fully saturated rings. The molecule has 1 aliphatic heterocycles. The van der Waals surface area contributed by atoms with Crippen molar-refractivity contribution in [2.75, 3.05) is 19.7 Å². The van der Waals surface area contributed by atoms with E-state index in [9.17, 15) is 18.7 Å². The second kappa shape index (κ2) is 9.32. The van der Waals surface area contributed by atoms with Gasteiger partial charge in [0.1, 0.15) is 17.2 Å². The number of halogens is 2. The largest absolute Gasteiger partial charge is 0.444 e. The van der Waals surface area contributed by atoms with Crippen molar-refractivity contribution in [2.24, 2.45) is 0 Å². The lowest BCUT2D eigenvalue weighted by Crippen LogP contribution is -2.61. The molecule has 2 aromatic rings. The summed E-state index contributed by atoms with van der Waals surface area (Å²) < 4.78 is 32.7. The van der Waals surface area contributed by atoms with Gasteiger partial charge < -0.3 is 14.7 Å². The van der Waals surface area contributed by atoms with E-state index in [0.717, 1.165) is 11.1 Å². The molecule has 5 nitrogen and oxygen atoms in total. The molecule has 1 amide bonds. The normalized spacial score (nSPS) is 20.2. The Morgan fingerprint density at radius 3 is 1.94 bits per heavy atom. The molecule has 1 heterocycles. The number of aliphatic hydroxyl groups is 1. The molecule has 0 unspecified atom stereocenters. The van der Waals surface area contributed by atoms with Crippen LogP contribution in [0.15, 0.2) is 48.5 Å². The highest BCUT2D eigenvalue weighted by atomic mass is 19.1. The quantitative estimate of drug-likeness (QED) is 0.780. The molecule has 3 rings (SSSR count). The van der Waals surface area contributed by atoms with Crippen LogP contribution >= 0.6 is 0 Å². The molecular weight excluding hydrogens is 402 g/mol. The van der Waals surface area contributed by atoms with Crippen LogP contribution < -0.4 is 0 Å². The smallest absolute Gasteiger partial charge is 0.410 e. The van der Waals surface area contributed by atoms with E-state index >= 15 is 0 Å². The number of carbonyl (C=O) groups excluding carboxylic acids is 1. The van der Waals surface area contributed by atoms with Gasteiger partial charge >= 0.3 is 6.09 Å². The molecule has 31 heavy (non-hydrogen) atoms. The Morgan fingerprint density at radius 2 is 1.52 bits per heavy atom. The average Bonchev–Trinajstić information content (AvgIpc) is 2.70. The molecule has 7 heteroatoms. The molecule has 0 aliphatic carbocycles. The number of amides is 1. The Bertz CT molecular complexity index is 836. The van der Waals surface area contributed by atoms with E-state index in [-0.39, 0.29) is 42.9 Å². The Labute approximate surface area is 182 Å². The first kappa shape index (κ1) is 23.2. The fraction of sp³-hybridized carbons (Fsp3) is 0.458. The zero-order valence-corrected chi connectivity index (χ0v) is 18.4. The topological polar surface area (TPSA) is 53.0 Å². The van der Waals surface area contributed by atoms with Gasteiger partial charge in [-0.2, -0.15) is 0 Å². The minimum atomic E-state index is -0.618. The Balaban J connectivity index is 1.94. The lowest BCUT2D eigenvalue weighted by Gasteiger charge is -2.48. The number of carbonyl (C=O) groups is 1. The fourth-order valence-electron chi connectivity index (χ4n) is 3.98. The maximum atomic E-state index is 13.6. The number of piperazine rings is 1. The predicted molar refractivity (Wildman–Crippen MR) is 115 cm³/mol. The number of aliphatic hydroxyl groups excluding tert-OH is 1. The van der Waals surface area contributed by atoms with Gasteiger partial charge in [0.25, 0.3) is 0 Å². The molecule has 2 atom stereocenters. The molecule has 0 bridgehead atoms. The van der Waals surface area contributed by atoms with Crippen molar-refractivity contribution in [3.63, 3.8) is 0 Å². The van der Waals surface area contributed by atoms with Gasteiger partial charge in [-0.05, 0) is 63.1 Å². The number of hydrogen-bond acceptors (Lipinski definition) is 4. The summed E-state index contributed by atoms with van der Waals surface area (Å²) in [5, 5.41) is 10.2. The number of nitrogens with zero attached hydrogens (tertiary/aromatic N) is 2. The van der Waals surface area contributed by atoms with Gasteiger partial charge in [-0.1, -0.05) is 24.3 Å². The molecule has 0 saturated carbocycles. The monoisotopic (exact) mass is 432 g/mol. The molecule has 1 saturated heterocycles. The summed E-state index contributed by atoms with van der Waals surface area (Å²) in [6.07, 6.45) is -0.418. The zero-order valence-electron chi connectivity index (χ0n) is 18.4.